The smallest absolute Gasteiger partial charge is 0.310 e. The van der Waals surface area contributed by atoms with E-state index in [0.29, 0.717) is 6.42 Å². The van der Waals surface area contributed by atoms with Crippen LogP contribution in [0, 0.1) is 5.92 Å². The Balaban J connectivity index is 2.75. The molecule has 0 aromatic rings. The van der Waals surface area contributed by atoms with Crippen molar-refractivity contribution in [3.05, 3.63) is 0 Å². The molecule has 96 valence electrons. The lowest BCUT2D eigenvalue weighted by atomic mass is 10.1. The summed E-state index contributed by atoms with van der Waals surface area (Å²) in [4.78, 5) is 36.2. The van der Waals surface area contributed by atoms with Crippen molar-refractivity contribution < 1.29 is 19.1 Å². The molecule has 0 aromatic carbocycles. The molecule has 0 spiro atoms. The number of esters is 1. The average Bonchev–Trinajstić information content (AvgIpc) is 2.71. The maximum absolute atomic E-state index is 11.8. The topological polar surface area (TPSA) is 75.7 Å². The number of nitrogens with zero attached hydrogens (tertiary/aromatic N) is 1. The third-order valence-electron chi connectivity index (χ3n) is 3.00. The van der Waals surface area contributed by atoms with Crippen molar-refractivity contribution in [3.63, 3.8) is 0 Å². The summed E-state index contributed by atoms with van der Waals surface area (Å²) in [6, 6.07) is -0.498. The van der Waals surface area contributed by atoms with Gasteiger partial charge in [-0.3, -0.25) is 14.4 Å². The molecule has 0 aromatic heterocycles. The van der Waals surface area contributed by atoms with Crippen molar-refractivity contribution in [3.8, 4) is 0 Å². The molecule has 2 amide bonds. The first-order valence-electron chi connectivity index (χ1n) is 5.64. The number of methoxy groups -OCH3 is 1. The summed E-state index contributed by atoms with van der Waals surface area (Å²) in [6.45, 7) is 2.09. The lowest BCUT2D eigenvalue weighted by Gasteiger charge is -2.25. The maximum Gasteiger partial charge on any atom is 0.310 e. The summed E-state index contributed by atoms with van der Waals surface area (Å²) in [5.74, 6) is -1.22. The fraction of sp³-hybridized carbons (Fsp3) is 0.727. The Morgan fingerprint density at radius 3 is 2.71 bits per heavy atom. The standard InChI is InChI=1S/C11H18N2O4/c1-4-8(10(15)12-2)13-6-7(5-9(13)14)11(16)17-3/h7-8H,4-6H2,1-3H3,(H,12,15)/t7?,8-/m0/s1. The van der Waals surface area contributed by atoms with Gasteiger partial charge in [0.25, 0.3) is 0 Å². The summed E-state index contributed by atoms with van der Waals surface area (Å²) in [5.41, 5.74) is 0. The third kappa shape index (κ3) is 2.75. The molecule has 6 nitrogen and oxygen atoms in total. The number of hydrogen-bond donors (Lipinski definition) is 1. The third-order valence-corrected chi connectivity index (χ3v) is 3.00. The lowest BCUT2D eigenvalue weighted by Crippen LogP contribution is -2.46. The Hall–Kier alpha value is -1.59. The fourth-order valence-corrected chi connectivity index (χ4v) is 2.07. The van der Waals surface area contributed by atoms with Gasteiger partial charge in [-0.2, -0.15) is 0 Å². The molecule has 1 fully saturated rings. The molecule has 2 atom stereocenters. The van der Waals surface area contributed by atoms with Crippen molar-refractivity contribution in [1.82, 2.24) is 10.2 Å². The fourth-order valence-electron chi connectivity index (χ4n) is 2.07. The zero-order valence-corrected chi connectivity index (χ0v) is 10.4. The van der Waals surface area contributed by atoms with Crippen LogP contribution in [0.4, 0.5) is 0 Å². The van der Waals surface area contributed by atoms with Crippen LogP contribution in [-0.4, -0.2) is 49.4 Å². The van der Waals surface area contributed by atoms with E-state index in [9.17, 15) is 14.4 Å². The van der Waals surface area contributed by atoms with E-state index in [1.807, 2.05) is 6.92 Å². The summed E-state index contributed by atoms with van der Waals surface area (Å²) >= 11 is 0. The quantitative estimate of drug-likeness (QED) is 0.676. The molecule has 0 radical (unpaired) electrons. The van der Waals surface area contributed by atoms with Gasteiger partial charge in [0, 0.05) is 20.0 Å². The van der Waals surface area contributed by atoms with Crippen LogP contribution in [0.2, 0.25) is 0 Å². The van der Waals surface area contributed by atoms with Crippen LogP contribution >= 0.6 is 0 Å². The first-order valence-corrected chi connectivity index (χ1v) is 5.64. The van der Waals surface area contributed by atoms with E-state index >= 15 is 0 Å². The predicted octanol–water partition coefficient (Wildman–Crippen LogP) is -0.467. The van der Waals surface area contributed by atoms with E-state index in [2.05, 4.69) is 10.1 Å². The minimum absolute atomic E-state index is 0.125. The number of ether oxygens (including phenoxy) is 1. The second kappa shape index (κ2) is 5.65. The molecule has 1 saturated heterocycles. The van der Waals surface area contributed by atoms with E-state index in [0.717, 1.165) is 0 Å². The first-order chi connectivity index (χ1) is 8.04. The highest BCUT2D eigenvalue weighted by Gasteiger charge is 2.39. The molecule has 1 N–H and O–H groups in total. The van der Waals surface area contributed by atoms with E-state index in [-0.39, 0.29) is 24.8 Å². The summed E-state index contributed by atoms with van der Waals surface area (Å²) in [7, 11) is 2.83. The molecule has 1 aliphatic heterocycles. The van der Waals surface area contributed by atoms with Crippen molar-refractivity contribution in [1.29, 1.82) is 0 Å². The number of carbonyl (C=O) groups is 3. The molecule has 1 unspecified atom stereocenters. The van der Waals surface area contributed by atoms with Crippen molar-refractivity contribution in [2.45, 2.75) is 25.8 Å². The molecule has 1 aliphatic rings. The Kier molecular flexibility index (Phi) is 4.48. The number of amides is 2. The van der Waals surface area contributed by atoms with Crippen LogP contribution in [0.5, 0.6) is 0 Å². The number of nitrogens with one attached hydrogen (secondary N) is 1. The maximum atomic E-state index is 11.8. The Morgan fingerprint density at radius 1 is 1.59 bits per heavy atom. The molecular weight excluding hydrogens is 224 g/mol. The molecule has 6 heteroatoms. The van der Waals surface area contributed by atoms with E-state index in [4.69, 9.17) is 0 Å². The first kappa shape index (κ1) is 13.5. The normalized spacial score (nSPS) is 21.2. The highest BCUT2D eigenvalue weighted by atomic mass is 16.5. The molecule has 17 heavy (non-hydrogen) atoms. The van der Waals surface area contributed by atoms with Crippen LogP contribution in [0.15, 0.2) is 0 Å². The molecule has 0 bridgehead atoms. The van der Waals surface area contributed by atoms with Crippen LogP contribution < -0.4 is 5.32 Å². The number of rotatable bonds is 4. The van der Waals surface area contributed by atoms with Gasteiger partial charge in [0.1, 0.15) is 6.04 Å². The highest BCUT2D eigenvalue weighted by Crippen LogP contribution is 2.22. The summed E-state index contributed by atoms with van der Waals surface area (Å²) in [5, 5.41) is 2.52. The summed E-state index contributed by atoms with van der Waals surface area (Å²) in [6.07, 6.45) is 0.652. The van der Waals surface area contributed by atoms with E-state index in [1.165, 1.54) is 19.1 Å². The Bertz CT molecular complexity index is 329. The average molecular weight is 242 g/mol. The van der Waals surface area contributed by atoms with E-state index in [1.54, 1.807) is 0 Å². The number of carbonyl (C=O) groups excluding carboxylic acids is 3. The summed E-state index contributed by atoms with van der Waals surface area (Å²) < 4.78 is 4.61. The van der Waals surface area contributed by atoms with Crippen LogP contribution in [0.25, 0.3) is 0 Å². The second-order valence-electron chi connectivity index (χ2n) is 4.01. The van der Waals surface area contributed by atoms with Crippen LogP contribution in [0.3, 0.4) is 0 Å². The molecule has 0 aliphatic carbocycles. The number of hydrogen-bond acceptors (Lipinski definition) is 4. The van der Waals surface area contributed by atoms with Gasteiger partial charge in [-0.25, -0.2) is 0 Å². The van der Waals surface area contributed by atoms with Gasteiger partial charge in [-0.15, -0.1) is 0 Å². The predicted molar refractivity (Wildman–Crippen MR) is 60.0 cm³/mol. The molecule has 1 rings (SSSR count). The lowest BCUT2D eigenvalue weighted by molar-refractivity contribution is -0.145. The van der Waals surface area contributed by atoms with Crippen molar-refractivity contribution >= 4 is 17.8 Å². The largest absolute Gasteiger partial charge is 0.469 e. The second-order valence-corrected chi connectivity index (χ2v) is 4.01. The molecule has 1 heterocycles. The van der Waals surface area contributed by atoms with Gasteiger partial charge in [0.05, 0.1) is 13.0 Å². The minimum atomic E-state index is -0.498. The van der Waals surface area contributed by atoms with Crippen LogP contribution in [-0.2, 0) is 19.1 Å². The number of likely N-dealkylation sites (N-methyl/N-ethyl adjacent to an activating group) is 1. The Morgan fingerprint density at radius 2 is 2.24 bits per heavy atom. The van der Waals surface area contributed by atoms with Gasteiger partial charge >= 0.3 is 5.97 Å². The van der Waals surface area contributed by atoms with Gasteiger partial charge in [-0.05, 0) is 6.42 Å². The van der Waals surface area contributed by atoms with Gasteiger partial charge in [0.2, 0.25) is 11.8 Å². The van der Waals surface area contributed by atoms with Gasteiger partial charge in [0.15, 0.2) is 0 Å². The zero-order chi connectivity index (χ0) is 13.0. The SMILES string of the molecule is CC[C@@H](C(=O)NC)N1CC(C(=O)OC)CC1=O. The zero-order valence-electron chi connectivity index (χ0n) is 10.4. The van der Waals surface area contributed by atoms with Crippen molar-refractivity contribution in [2.75, 3.05) is 20.7 Å². The molecular formula is C11H18N2O4. The van der Waals surface area contributed by atoms with Gasteiger partial charge in [-0.1, -0.05) is 6.92 Å². The van der Waals surface area contributed by atoms with Gasteiger partial charge < -0.3 is 15.0 Å². The highest BCUT2D eigenvalue weighted by molar-refractivity contribution is 5.91. The number of likely N-dealkylation sites (tertiary alicyclic amines) is 1. The molecule has 0 saturated carbocycles. The van der Waals surface area contributed by atoms with Crippen molar-refractivity contribution in [2.24, 2.45) is 5.92 Å². The monoisotopic (exact) mass is 242 g/mol. The Labute approximate surface area is 100 Å². The van der Waals surface area contributed by atoms with E-state index < -0.39 is 17.9 Å². The minimum Gasteiger partial charge on any atom is -0.469 e. The van der Waals surface area contributed by atoms with Crippen LogP contribution in [0.1, 0.15) is 19.8 Å².